The van der Waals surface area contributed by atoms with Gasteiger partial charge in [-0.15, -0.1) is 0 Å². The van der Waals surface area contributed by atoms with E-state index in [1.54, 1.807) is 6.33 Å². The lowest BCUT2D eigenvalue weighted by Gasteiger charge is -2.06. The van der Waals surface area contributed by atoms with Gasteiger partial charge in [-0.05, 0) is 32.8 Å². The highest BCUT2D eigenvalue weighted by atomic mass is 15.2. The van der Waals surface area contributed by atoms with Gasteiger partial charge in [0.25, 0.3) is 0 Å². The van der Waals surface area contributed by atoms with Gasteiger partial charge in [-0.2, -0.15) is 0 Å². The Morgan fingerprint density at radius 3 is 2.35 bits per heavy atom. The van der Waals surface area contributed by atoms with Crippen molar-refractivity contribution in [2.45, 2.75) is 33.2 Å². The predicted octanol–water partition coefficient (Wildman–Crippen LogP) is 1.17. The minimum atomic E-state index is 0.127. The number of rotatable bonds is 3. The molecule has 0 saturated carbocycles. The molecule has 0 amide bonds. The number of hydrogen-bond donors (Lipinski definition) is 1. The molecule has 0 aliphatic rings. The van der Waals surface area contributed by atoms with Gasteiger partial charge >= 0.3 is 0 Å². The molecule has 0 bridgehead atoms. The summed E-state index contributed by atoms with van der Waals surface area (Å²) in [5.74, 6) is 0.650. The maximum Gasteiger partial charge on any atom is 0.235 e. The van der Waals surface area contributed by atoms with Crippen molar-refractivity contribution in [2.75, 3.05) is 0 Å². The highest BCUT2D eigenvalue weighted by molar-refractivity contribution is 5.22. The molecule has 0 fully saturated rings. The highest BCUT2D eigenvalue weighted by Crippen LogP contribution is 2.09. The molecule has 1 atom stereocenters. The summed E-state index contributed by atoms with van der Waals surface area (Å²) in [6.07, 6.45) is 6.17. The zero-order chi connectivity index (χ0) is 12.4. The molecule has 2 aromatic heterocycles. The van der Waals surface area contributed by atoms with E-state index in [9.17, 15) is 0 Å². The molecule has 0 aliphatic heterocycles. The Morgan fingerprint density at radius 1 is 1.24 bits per heavy atom. The van der Waals surface area contributed by atoms with Gasteiger partial charge in [0, 0.05) is 24.1 Å². The van der Waals surface area contributed by atoms with E-state index in [4.69, 9.17) is 5.73 Å². The van der Waals surface area contributed by atoms with Gasteiger partial charge in [0.1, 0.15) is 6.33 Å². The smallest absolute Gasteiger partial charge is 0.235 e. The summed E-state index contributed by atoms with van der Waals surface area (Å²) in [5.41, 5.74) is 8.84. The average molecular weight is 231 g/mol. The van der Waals surface area contributed by atoms with Gasteiger partial charge in [0.2, 0.25) is 5.95 Å². The molecule has 2 aromatic rings. The summed E-state index contributed by atoms with van der Waals surface area (Å²) in [5, 5.41) is 0. The second-order valence-corrected chi connectivity index (χ2v) is 4.36. The van der Waals surface area contributed by atoms with Crippen LogP contribution in [0.4, 0.5) is 0 Å². The van der Waals surface area contributed by atoms with Crippen molar-refractivity contribution >= 4 is 0 Å². The molecule has 0 saturated heterocycles. The van der Waals surface area contributed by atoms with E-state index in [1.165, 1.54) is 0 Å². The normalized spacial score (nSPS) is 12.7. The molecule has 1 unspecified atom stereocenters. The zero-order valence-corrected chi connectivity index (χ0v) is 10.4. The Hall–Kier alpha value is -1.75. The third-order valence-corrected chi connectivity index (χ3v) is 2.72. The molecule has 0 radical (unpaired) electrons. The Kier molecular flexibility index (Phi) is 3.19. The molecule has 90 valence electrons. The molecule has 2 heterocycles. The molecule has 0 aromatic carbocycles. The monoisotopic (exact) mass is 231 g/mol. The van der Waals surface area contributed by atoms with Gasteiger partial charge in [-0.1, -0.05) is 0 Å². The van der Waals surface area contributed by atoms with E-state index in [0.717, 1.165) is 23.4 Å². The topological polar surface area (TPSA) is 69.6 Å². The summed E-state index contributed by atoms with van der Waals surface area (Å²) in [7, 11) is 0. The van der Waals surface area contributed by atoms with E-state index in [1.807, 2.05) is 37.7 Å². The molecule has 0 spiro atoms. The number of aryl methyl sites for hydroxylation is 1. The summed E-state index contributed by atoms with van der Waals surface area (Å²) in [6.45, 7) is 5.94. The summed E-state index contributed by atoms with van der Waals surface area (Å²) >= 11 is 0. The Balaban J connectivity index is 2.26. The number of nitrogens with two attached hydrogens (primary N) is 1. The first-order chi connectivity index (χ1) is 8.08. The van der Waals surface area contributed by atoms with Crippen molar-refractivity contribution < 1.29 is 0 Å². The fourth-order valence-electron chi connectivity index (χ4n) is 1.65. The van der Waals surface area contributed by atoms with Gasteiger partial charge in [-0.25, -0.2) is 15.0 Å². The van der Waals surface area contributed by atoms with E-state index in [2.05, 4.69) is 15.0 Å². The van der Waals surface area contributed by atoms with Crippen LogP contribution in [0.25, 0.3) is 5.95 Å². The van der Waals surface area contributed by atoms with Crippen LogP contribution in [0.5, 0.6) is 0 Å². The Labute approximate surface area is 101 Å². The van der Waals surface area contributed by atoms with Crippen LogP contribution >= 0.6 is 0 Å². The van der Waals surface area contributed by atoms with Crippen LogP contribution in [0.1, 0.15) is 23.9 Å². The third kappa shape index (κ3) is 2.50. The van der Waals surface area contributed by atoms with E-state index < -0.39 is 0 Å². The number of hydrogen-bond acceptors (Lipinski definition) is 4. The number of imidazole rings is 1. The molecule has 5 heteroatoms. The van der Waals surface area contributed by atoms with Crippen molar-refractivity contribution in [3.8, 4) is 5.95 Å². The maximum atomic E-state index is 5.73. The lowest BCUT2D eigenvalue weighted by atomic mass is 10.1. The van der Waals surface area contributed by atoms with Crippen molar-refractivity contribution in [3.63, 3.8) is 0 Å². The molecule has 17 heavy (non-hydrogen) atoms. The summed E-state index contributed by atoms with van der Waals surface area (Å²) in [6, 6.07) is 0.127. The van der Waals surface area contributed by atoms with Crippen molar-refractivity contribution in [2.24, 2.45) is 5.73 Å². The van der Waals surface area contributed by atoms with Crippen LogP contribution in [-0.4, -0.2) is 25.6 Å². The van der Waals surface area contributed by atoms with Gasteiger partial charge in [-0.3, -0.25) is 4.57 Å². The van der Waals surface area contributed by atoms with Gasteiger partial charge in [0.15, 0.2) is 0 Å². The molecule has 2 rings (SSSR count). The van der Waals surface area contributed by atoms with Crippen LogP contribution in [-0.2, 0) is 6.42 Å². The predicted molar refractivity (Wildman–Crippen MR) is 66.0 cm³/mol. The first-order valence-corrected chi connectivity index (χ1v) is 5.65. The summed E-state index contributed by atoms with van der Waals surface area (Å²) < 4.78 is 1.88. The van der Waals surface area contributed by atoms with Crippen LogP contribution in [0, 0.1) is 13.8 Å². The van der Waals surface area contributed by atoms with Crippen LogP contribution in [0.15, 0.2) is 18.7 Å². The first-order valence-electron chi connectivity index (χ1n) is 5.65. The highest BCUT2D eigenvalue weighted by Gasteiger charge is 2.07. The molecular formula is C12H17N5. The minimum absolute atomic E-state index is 0.127. The van der Waals surface area contributed by atoms with Crippen molar-refractivity contribution in [3.05, 3.63) is 35.7 Å². The third-order valence-electron chi connectivity index (χ3n) is 2.72. The van der Waals surface area contributed by atoms with Crippen LogP contribution < -0.4 is 5.73 Å². The van der Waals surface area contributed by atoms with Crippen LogP contribution in [0.2, 0.25) is 0 Å². The Bertz CT molecular complexity index is 498. The number of nitrogens with zero attached hydrogens (tertiary/aromatic N) is 4. The second kappa shape index (κ2) is 4.63. The lowest BCUT2D eigenvalue weighted by Crippen LogP contribution is -2.18. The maximum absolute atomic E-state index is 5.73. The van der Waals surface area contributed by atoms with E-state index in [0.29, 0.717) is 5.95 Å². The lowest BCUT2D eigenvalue weighted by molar-refractivity contribution is 0.729. The van der Waals surface area contributed by atoms with E-state index >= 15 is 0 Å². The van der Waals surface area contributed by atoms with Crippen molar-refractivity contribution in [1.82, 2.24) is 19.5 Å². The second-order valence-electron chi connectivity index (χ2n) is 4.36. The number of aromatic nitrogens is 4. The van der Waals surface area contributed by atoms with Crippen molar-refractivity contribution in [1.29, 1.82) is 0 Å². The van der Waals surface area contributed by atoms with E-state index in [-0.39, 0.29) is 6.04 Å². The fraction of sp³-hybridized carbons (Fsp3) is 0.417. The fourth-order valence-corrected chi connectivity index (χ4v) is 1.65. The zero-order valence-electron chi connectivity index (χ0n) is 10.4. The largest absolute Gasteiger partial charge is 0.328 e. The molecule has 0 aliphatic carbocycles. The quantitative estimate of drug-likeness (QED) is 0.860. The van der Waals surface area contributed by atoms with Crippen LogP contribution in [0.3, 0.4) is 0 Å². The van der Waals surface area contributed by atoms with Gasteiger partial charge in [0.05, 0.1) is 5.69 Å². The SMILES string of the molecule is Cc1ncn(-c2ncc(CC(C)N)cn2)c1C. The first kappa shape index (κ1) is 11.7. The molecular weight excluding hydrogens is 214 g/mol. The summed E-state index contributed by atoms with van der Waals surface area (Å²) in [4.78, 5) is 12.9. The molecule has 5 nitrogen and oxygen atoms in total. The molecule has 2 N–H and O–H groups in total. The Morgan fingerprint density at radius 2 is 1.88 bits per heavy atom. The van der Waals surface area contributed by atoms with Gasteiger partial charge < -0.3 is 5.73 Å². The minimum Gasteiger partial charge on any atom is -0.328 e. The standard InChI is InChI=1S/C12H17N5/c1-8(13)4-11-5-14-12(15-6-11)17-7-16-9(2)10(17)3/h5-8H,4,13H2,1-3H3. The average Bonchev–Trinajstić information content (AvgIpc) is 2.60.